The fraction of sp³-hybridized carbons (Fsp3) is 0.469. The first-order valence-electron chi connectivity index (χ1n) is 22.7. The highest BCUT2D eigenvalue weighted by molar-refractivity contribution is 5.89. The van der Waals surface area contributed by atoms with E-state index in [-0.39, 0.29) is 64.4 Å². The number of carbonyl (C=O) groups is 4. The molecular weight excluding hydrogens is 835 g/mol. The molecule has 6 atom stereocenters. The molecule has 16 heteroatoms. The first-order valence-corrected chi connectivity index (χ1v) is 22.7. The first kappa shape index (κ1) is 42.6. The van der Waals surface area contributed by atoms with Gasteiger partial charge < -0.3 is 39.9 Å². The van der Waals surface area contributed by atoms with Crippen molar-refractivity contribution in [3.63, 3.8) is 0 Å². The smallest absolute Gasteiger partial charge is 0.407 e. The number of alkyl carbamates (subject to hydrolysis) is 2. The molecule has 4 fully saturated rings. The molecule has 0 radical (unpaired) electrons. The van der Waals surface area contributed by atoms with Crippen LogP contribution in [0.15, 0.2) is 60.8 Å². The highest BCUT2D eigenvalue weighted by Crippen LogP contribution is 2.57. The lowest BCUT2D eigenvalue weighted by Gasteiger charge is -2.37. The molecule has 4 heterocycles. The molecule has 5 aliphatic rings. The van der Waals surface area contributed by atoms with E-state index in [1.54, 1.807) is 24.4 Å². The minimum Gasteiger partial charge on any atom is -0.453 e. The van der Waals surface area contributed by atoms with Gasteiger partial charge in [0, 0.05) is 28.3 Å². The van der Waals surface area contributed by atoms with Crippen molar-refractivity contribution in [1.82, 2.24) is 40.4 Å². The number of hydrogen-bond donors (Lipinski definition) is 4. The number of amides is 4. The van der Waals surface area contributed by atoms with Gasteiger partial charge in [0.1, 0.15) is 23.7 Å². The second-order valence-corrected chi connectivity index (χ2v) is 19.3. The molecule has 65 heavy (non-hydrogen) atoms. The van der Waals surface area contributed by atoms with Crippen molar-refractivity contribution in [2.24, 2.45) is 17.8 Å². The number of methoxy groups -OCH3 is 2. The van der Waals surface area contributed by atoms with Crippen LogP contribution in [0.25, 0.3) is 44.5 Å². The van der Waals surface area contributed by atoms with E-state index >= 15 is 8.78 Å². The van der Waals surface area contributed by atoms with Gasteiger partial charge in [0.05, 0.1) is 49.2 Å². The number of ether oxygens (including phenoxy) is 2. The molecule has 3 aromatic carbocycles. The number of carbonyl (C=O) groups excluding carboxylic acids is 4. The van der Waals surface area contributed by atoms with Crippen LogP contribution in [0.3, 0.4) is 0 Å². The van der Waals surface area contributed by atoms with E-state index in [4.69, 9.17) is 19.4 Å². The number of aromatic amines is 2. The van der Waals surface area contributed by atoms with E-state index in [1.807, 2.05) is 67.8 Å². The summed E-state index contributed by atoms with van der Waals surface area (Å²) < 4.78 is 43.0. The summed E-state index contributed by atoms with van der Waals surface area (Å²) in [4.78, 5) is 72.9. The van der Waals surface area contributed by atoms with E-state index in [9.17, 15) is 19.2 Å². The highest BCUT2D eigenvalue weighted by atomic mass is 19.3. The number of likely N-dealkylation sites (tertiary alicyclic amines) is 2. The molecule has 4 amide bonds. The van der Waals surface area contributed by atoms with Crippen molar-refractivity contribution in [1.29, 1.82) is 0 Å². The van der Waals surface area contributed by atoms with Crippen LogP contribution in [0, 0.1) is 17.8 Å². The predicted octanol–water partition coefficient (Wildman–Crippen LogP) is 8.75. The van der Waals surface area contributed by atoms with E-state index in [1.165, 1.54) is 20.3 Å². The molecule has 2 bridgehead atoms. The van der Waals surface area contributed by atoms with Crippen molar-refractivity contribution in [2.45, 2.75) is 114 Å². The number of alkyl halides is 2. The van der Waals surface area contributed by atoms with Crippen LogP contribution in [-0.2, 0) is 25.0 Å². The molecule has 340 valence electrons. The Morgan fingerprint density at radius 2 is 1.37 bits per heavy atom. The Labute approximate surface area is 375 Å². The SMILES string of the molecule is COC(=O)N[C@H](C(=O)N1[C@@H]2CC[C@@H](C2)[C@H]1c1nc2ccc(-c3ccc4c(c3)C(F)(F)c3cc(-c5cnc([C@@H]6CCC7(CC7)N6C(=O)[C@@H](NC(=O)OC)C(C)C)[nH]5)ccc3-4)cc2[nH]1)C(C)C. The van der Waals surface area contributed by atoms with Gasteiger partial charge in [-0.15, -0.1) is 0 Å². The molecule has 3 aliphatic carbocycles. The number of fused-ring (bicyclic) bond motifs is 6. The van der Waals surface area contributed by atoms with Crippen molar-refractivity contribution in [3.05, 3.63) is 83.6 Å². The van der Waals surface area contributed by atoms with Gasteiger partial charge in [-0.1, -0.05) is 58.0 Å². The number of imidazole rings is 2. The number of hydrogen-bond acceptors (Lipinski definition) is 8. The largest absolute Gasteiger partial charge is 0.453 e. The van der Waals surface area contributed by atoms with Crippen molar-refractivity contribution in [2.75, 3.05) is 14.2 Å². The Kier molecular flexibility index (Phi) is 10.3. The maximum absolute atomic E-state index is 16.7. The van der Waals surface area contributed by atoms with E-state index in [0.717, 1.165) is 49.6 Å². The number of halogens is 2. The monoisotopic (exact) mass is 888 g/mol. The quantitative estimate of drug-likeness (QED) is 0.108. The van der Waals surface area contributed by atoms with Crippen molar-refractivity contribution in [3.8, 4) is 33.5 Å². The molecule has 10 rings (SSSR count). The molecule has 5 aromatic rings. The third-order valence-electron chi connectivity index (χ3n) is 14.7. The van der Waals surface area contributed by atoms with Crippen LogP contribution in [0.1, 0.15) is 108 Å². The third-order valence-corrected chi connectivity index (χ3v) is 14.7. The minimum absolute atomic E-state index is 0.0454. The van der Waals surface area contributed by atoms with Crippen molar-refractivity contribution >= 4 is 35.0 Å². The van der Waals surface area contributed by atoms with Gasteiger partial charge in [-0.25, -0.2) is 19.6 Å². The number of H-pyrrole nitrogens is 2. The van der Waals surface area contributed by atoms with Gasteiger partial charge in [0.25, 0.3) is 5.92 Å². The number of aromatic nitrogens is 4. The summed E-state index contributed by atoms with van der Waals surface area (Å²) in [5.74, 6) is -2.51. The zero-order valence-electron chi connectivity index (χ0n) is 37.3. The van der Waals surface area contributed by atoms with Crippen LogP contribution >= 0.6 is 0 Å². The Morgan fingerprint density at radius 3 is 2.02 bits per heavy atom. The maximum atomic E-state index is 16.7. The highest BCUT2D eigenvalue weighted by Gasteiger charge is 2.59. The molecule has 2 aromatic heterocycles. The van der Waals surface area contributed by atoms with Crippen molar-refractivity contribution < 1.29 is 37.4 Å². The molecule has 2 aliphatic heterocycles. The fourth-order valence-corrected chi connectivity index (χ4v) is 11.2. The molecule has 1 spiro atoms. The lowest BCUT2D eigenvalue weighted by molar-refractivity contribution is -0.139. The summed E-state index contributed by atoms with van der Waals surface area (Å²) >= 11 is 0. The number of nitrogens with zero attached hydrogens (tertiary/aromatic N) is 4. The number of rotatable bonds is 10. The Balaban J connectivity index is 0.897. The zero-order valence-corrected chi connectivity index (χ0v) is 37.3. The summed E-state index contributed by atoms with van der Waals surface area (Å²) in [5.41, 5.74) is 4.39. The number of benzene rings is 3. The lowest BCUT2D eigenvalue weighted by atomic mass is 9.95. The van der Waals surface area contributed by atoms with Gasteiger partial charge in [-0.05, 0) is 109 Å². The Bertz CT molecular complexity index is 2740. The van der Waals surface area contributed by atoms with Gasteiger partial charge in [-0.2, -0.15) is 8.78 Å². The minimum atomic E-state index is -3.29. The fourth-order valence-electron chi connectivity index (χ4n) is 11.2. The summed E-state index contributed by atoms with van der Waals surface area (Å²) in [6, 6.07) is 13.8. The first-order chi connectivity index (χ1) is 31.1. The molecule has 4 N–H and O–H groups in total. The van der Waals surface area contributed by atoms with Crippen LogP contribution in [-0.4, -0.2) is 91.6 Å². The summed E-state index contributed by atoms with van der Waals surface area (Å²) in [5, 5.41) is 5.45. The zero-order chi connectivity index (χ0) is 45.7. The van der Waals surface area contributed by atoms with Gasteiger partial charge in [-0.3, -0.25) is 9.59 Å². The van der Waals surface area contributed by atoms with E-state index in [0.29, 0.717) is 51.5 Å². The number of nitrogens with one attached hydrogen (secondary N) is 4. The Morgan fingerprint density at radius 1 is 0.754 bits per heavy atom. The molecular formula is C49H54F2N8O6. The molecule has 2 saturated heterocycles. The van der Waals surface area contributed by atoms with Crippen LogP contribution in [0.5, 0.6) is 0 Å². The van der Waals surface area contributed by atoms with Crippen LogP contribution < -0.4 is 10.6 Å². The molecule has 0 unspecified atom stereocenters. The summed E-state index contributed by atoms with van der Waals surface area (Å²) in [7, 11) is 2.55. The van der Waals surface area contributed by atoms with E-state index < -0.39 is 30.2 Å². The van der Waals surface area contributed by atoms with Crippen LogP contribution in [0.4, 0.5) is 18.4 Å². The number of piperidine rings is 1. The average molecular weight is 889 g/mol. The third kappa shape index (κ3) is 7.01. The second kappa shape index (κ2) is 15.7. The van der Waals surface area contributed by atoms with Crippen LogP contribution in [0.2, 0.25) is 0 Å². The summed E-state index contributed by atoms with van der Waals surface area (Å²) in [6.45, 7) is 7.54. The van der Waals surface area contributed by atoms with Gasteiger partial charge in [0.15, 0.2) is 0 Å². The standard InChI is InChI=1S/C49H54F2N8O6/c1-24(2)39(56-46(62)64-5)44(60)58-30-11-7-29(19-30)41(58)43-53-35-14-10-27(22-36(35)54-43)26-8-12-31-32-13-9-28(21-34(32)49(50,51)33(31)20-26)37-23-52-42(55-37)38-15-16-48(17-18-48)59(38)45(61)40(25(3)4)57-47(63)65-6/h8-10,12-14,20-25,29-30,38-41H,7,11,15-19H2,1-6H3,(H,52,55)(H,53,54)(H,56,62)(H,57,63)/t29-,30+,38-,39-,40-,41-/m0/s1. The van der Waals surface area contributed by atoms with E-state index in [2.05, 4.69) is 20.6 Å². The summed E-state index contributed by atoms with van der Waals surface area (Å²) in [6.07, 6.45) is 6.27. The average Bonchev–Trinajstić information content (AvgIpc) is 3.93. The Hall–Kier alpha value is -6.32. The lowest BCUT2D eigenvalue weighted by Crippen LogP contribution is -2.54. The topological polar surface area (TPSA) is 175 Å². The van der Waals surface area contributed by atoms with Gasteiger partial charge >= 0.3 is 12.2 Å². The second-order valence-electron chi connectivity index (χ2n) is 19.3. The molecule has 14 nitrogen and oxygen atoms in total. The normalized spacial score (nSPS) is 22.9. The molecule has 2 saturated carbocycles. The maximum Gasteiger partial charge on any atom is 0.407 e. The van der Waals surface area contributed by atoms with Gasteiger partial charge in [0.2, 0.25) is 11.8 Å². The predicted molar refractivity (Wildman–Crippen MR) is 237 cm³/mol.